The summed E-state index contributed by atoms with van der Waals surface area (Å²) in [6, 6.07) is 9.49. The van der Waals surface area contributed by atoms with Gasteiger partial charge in [-0.05, 0) is 77.4 Å². The van der Waals surface area contributed by atoms with Crippen LogP contribution in [0.3, 0.4) is 0 Å². The number of imidazole rings is 1. The van der Waals surface area contributed by atoms with Gasteiger partial charge in [0.15, 0.2) is 23.5 Å². The van der Waals surface area contributed by atoms with Crippen molar-refractivity contribution in [1.29, 1.82) is 0 Å². The minimum absolute atomic E-state index is 0.0213. The molecule has 0 spiro atoms. The summed E-state index contributed by atoms with van der Waals surface area (Å²) in [5, 5.41) is 12.8. The number of nitrogen functional groups attached to an aromatic ring is 1. The number of hydrogen-bond donors (Lipinski definition) is 4. The monoisotopic (exact) mass is 500 g/mol. The van der Waals surface area contributed by atoms with Gasteiger partial charge in [-0.15, -0.1) is 0 Å². The number of nitrogens with two attached hydrogens (primary N) is 1. The molecule has 0 aliphatic rings. The number of ether oxygens (including phenoxy) is 3. The first-order valence-electron chi connectivity index (χ1n) is 11.7. The van der Waals surface area contributed by atoms with E-state index >= 15 is 0 Å². The standard InChI is InChI=1S/C20H24N4O4.C6H12O2/c1-4-27-17-9-12(5-8-16(17)28-11(2)3)18(19(25)26)22-13-6-7-14-15(10-13)24-20(21)23-14;1-5(7)8-6(2,3)4/h5-11,18,22H,4H2,1-3H3,(H,25,26)(H3,21,23,24);1-4H3. The molecule has 1 unspecified atom stereocenters. The number of nitrogens with one attached hydrogen (secondary N) is 2. The predicted molar refractivity (Wildman–Crippen MR) is 139 cm³/mol. The second-order valence-electron chi connectivity index (χ2n) is 9.28. The van der Waals surface area contributed by atoms with Crippen molar-refractivity contribution in [2.75, 3.05) is 17.7 Å². The molecule has 3 rings (SSSR count). The van der Waals surface area contributed by atoms with Crippen LogP contribution in [0, 0.1) is 0 Å². The molecule has 10 heteroatoms. The van der Waals surface area contributed by atoms with Gasteiger partial charge in [-0.2, -0.15) is 0 Å². The molecule has 0 bridgehead atoms. The number of anilines is 2. The Balaban J connectivity index is 0.000000493. The van der Waals surface area contributed by atoms with E-state index in [1.54, 1.807) is 36.4 Å². The third-order valence-corrected chi connectivity index (χ3v) is 4.47. The van der Waals surface area contributed by atoms with E-state index in [1.807, 2.05) is 41.5 Å². The maximum atomic E-state index is 11.9. The van der Waals surface area contributed by atoms with E-state index in [0.29, 0.717) is 40.8 Å². The Hall–Kier alpha value is -3.95. The predicted octanol–water partition coefficient (Wildman–Crippen LogP) is 4.92. The van der Waals surface area contributed by atoms with E-state index in [9.17, 15) is 14.7 Å². The summed E-state index contributed by atoms with van der Waals surface area (Å²) in [6.45, 7) is 13.1. The average Bonchev–Trinajstić information content (AvgIpc) is 3.11. The second-order valence-corrected chi connectivity index (χ2v) is 9.28. The van der Waals surface area contributed by atoms with Gasteiger partial charge >= 0.3 is 11.9 Å². The van der Waals surface area contributed by atoms with Crippen molar-refractivity contribution in [2.24, 2.45) is 0 Å². The molecule has 0 saturated heterocycles. The number of rotatable bonds is 8. The van der Waals surface area contributed by atoms with Gasteiger partial charge in [0.2, 0.25) is 0 Å². The fourth-order valence-corrected chi connectivity index (χ4v) is 3.33. The Labute approximate surface area is 211 Å². The zero-order valence-corrected chi connectivity index (χ0v) is 21.8. The first kappa shape index (κ1) is 28.3. The van der Waals surface area contributed by atoms with Crippen molar-refractivity contribution in [3.63, 3.8) is 0 Å². The van der Waals surface area contributed by atoms with Gasteiger partial charge in [-0.1, -0.05) is 6.07 Å². The summed E-state index contributed by atoms with van der Waals surface area (Å²) in [5.41, 5.74) is 7.96. The number of fused-ring (bicyclic) bond motifs is 1. The Bertz CT molecular complexity index is 1180. The zero-order valence-electron chi connectivity index (χ0n) is 21.8. The number of aromatic amines is 1. The molecule has 0 saturated carbocycles. The maximum Gasteiger partial charge on any atom is 0.330 e. The summed E-state index contributed by atoms with van der Waals surface area (Å²) in [5.74, 6) is 0.170. The number of hydrogen-bond acceptors (Lipinski definition) is 8. The summed E-state index contributed by atoms with van der Waals surface area (Å²) < 4.78 is 16.2. The summed E-state index contributed by atoms with van der Waals surface area (Å²) in [7, 11) is 0. The van der Waals surface area contributed by atoms with E-state index in [2.05, 4.69) is 15.3 Å². The zero-order chi connectivity index (χ0) is 27.0. The van der Waals surface area contributed by atoms with Crippen LogP contribution in [0.15, 0.2) is 36.4 Å². The van der Waals surface area contributed by atoms with Gasteiger partial charge in [0, 0.05) is 12.6 Å². The molecule has 1 atom stereocenters. The molecule has 1 aromatic heterocycles. The Morgan fingerprint density at radius 3 is 2.36 bits per heavy atom. The van der Waals surface area contributed by atoms with Crippen LogP contribution in [0.2, 0.25) is 0 Å². The summed E-state index contributed by atoms with van der Waals surface area (Å²) in [6.07, 6.45) is -0.0213. The molecular formula is C26H36N4O6. The van der Waals surface area contributed by atoms with E-state index in [-0.39, 0.29) is 17.7 Å². The van der Waals surface area contributed by atoms with Crippen molar-refractivity contribution >= 4 is 34.6 Å². The number of benzene rings is 2. The SMILES string of the molecule is CC(=O)OC(C)(C)C.CCOc1cc(C(Nc2ccc3nc(N)[nH]c3c2)C(=O)O)ccc1OC(C)C. The minimum Gasteiger partial charge on any atom is -0.490 e. The van der Waals surface area contributed by atoms with Crippen molar-refractivity contribution in [3.8, 4) is 11.5 Å². The highest BCUT2D eigenvalue weighted by Crippen LogP contribution is 2.33. The third-order valence-electron chi connectivity index (χ3n) is 4.47. The number of carbonyl (C=O) groups is 2. The molecule has 0 radical (unpaired) electrons. The molecule has 5 N–H and O–H groups in total. The molecule has 0 aliphatic heterocycles. The number of carbonyl (C=O) groups excluding carboxylic acids is 1. The number of carboxylic acids is 1. The third kappa shape index (κ3) is 8.68. The molecule has 36 heavy (non-hydrogen) atoms. The highest BCUT2D eigenvalue weighted by molar-refractivity contribution is 5.84. The normalized spacial score (nSPS) is 11.9. The quantitative estimate of drug-likeness (QED) is 0.316. The van der Waals surface area contributed by atoms with Crippen molar-refractivity contribution in [2.45, 2.75) is 66.2 Å². The Kier molecular flexibility index (Phi) is 9.54. The number of nitrogens with zero attached hydrogens (tertiary/aromatic N) is 1. The van der Waals surface area contributed by atoms with Crippen LogP contribution in [0.25, 0.3) is 11.0 Å². The van der Waals surface area contributed by atoms with Gasteiger partial charge in [0.05, 0.1) is 23.7 Å². The fraction of sp³-hybridized carbons (Fsp3) is 0.423. The first-order chi connectivity index (χ1) is 16.8. The lowest BCUT2D eigenvalue weighted by Gasteiger charge is -2.19. The fourth-order valence-electron chi connectivity index (χ4n) is 3.33. The number of aliphatic carboxylic acids is 1. The van der Waals surface area contributed by atoms with Crippen LogP contribution in [0.5, 0.6) is 11.5 Å². The van der Waals surface area contributed by atoms with Gasteiger partial charge in [-0.25, -0.2) is 9.78 Å². The van der Waals surface area contributed by atoms with E-state index in [4.69, 9.17) is 19.9 Å². The molecule has 0 amide bonds. The molecule has 0 fully saturated rings. The lowest BCUT2D eigenvalue weighted by atomic mass is 10.1. The second kappa shape index (κ2) is 12.1. The number of H-pyrrole nitrogens is 1. The van der Waals surface area contributed by atoms with Gasteiger partial charge < -0.3 is 35.4 Å². The molecule has 0 aliphatic carbocycles. The topological polar surface area (TPSA) is 149 Å². The maximum absolute atomic E-state index is 11.9. The van der Waals surface area contributed by atoms with E-state index < -0.39 is 12.0 Å². The minimum atomic E-state index is -1.01. The smallest absolute Gasteiger partial charge is 0.330 e. The van der Waals surface area contributed by atoms with E-state index in [0.717, 1.165) is 5.52 Å². The largest absolute Gasteiger partial charge is 0.490 e. The van der Waals surface area contributed by atoms with Crippen LogP contribution in [-0.4, -0.2) is 45.3 Å². The van der Waals surface area contributed by atoms with Crippen molar-refractivity contribution in [1.82, 2.24) is 9.97 Å². The Morgan fingerprint density at radius 2 is 1.83 bits per heavy atom. The molecule has 196 valence electrons. The Morgan fingerprint density at radius 1 is 1.14 bits per heavy atom. The van der Waals surface area contributed by atoms with Crippen LogP contribution in [0.4, 0.5) is 11.6 Å². The highest BCUT2D eigenvalue weighted by Gasteiger charge is 2.22. The number of esters is 1. The molecule has 2 aromatic carbocycles. The molecule has 10 nitrogen and oxygen atoms in total. The van der Waals surface area contributed by atoms with Crippen LogP contribution in [0.1, 0.15) is 60.1 Å². The van der Waals surface area contributed by atoms with Crippen LogP contribution in [-0.2, 0) is 14.3 Å². The van der Waals surface area contributed by atoms with Crippen molar-refractivity contribution in [3.05, 3.63) is 42.0 Å². The highest BCUT2D eigenvalue weighted by atomic mass is 16.6. The molecular weight excluding hydrogens is 464 g/mol. The van der Waals surface area contributed by atoms with E-state index in [1.165, 1.54) is 6.92 Å². The lowest BCUT2D eigenvalue weighted by molar-refractivity contribution is -0.152. The summed E-state index contributed by atoms with van der Waals surface area (Å²) in [4.78, 5) is 29.2. The molecule has 3 aromatic rings. The summed E-state index contributed by atoms with van der Waals surface area (Å²) >= 11 is 0. The van der Waals surface area contributed by atoms with Crippen LogP contribution < -0.4 is 20.5 Å². The number of aromatic nitrogens is 2. The lowest BCUT2D eigenvalue weighted by Crippen LogP contribution is -2.21. The first-order valence-corrected chi connectivity index (χ1v) is 11.7. The number of carboxylic acid groups (broad SMARTS) is 1. The van der Waals surface area contributed by atoms with Gasteiger partial charge in [0.1, 0.15) is 5.60 Å². The van der Waals surface area contributed by atoms with Gasteiger partial charge in [0.25, 0.3) is 0 Å². The van der Waals surface area contributed by atoms with Crippen LogP contribution >= 0.6 is 0 Å². The van der Waals surface area contributed by atoms with Crippen molar-refractivity contribution < 1.29 is 28.9 Å². The van der Waals surface area contributed by atoms with Gasteiger partial charge in [-0.3, -0.25) is 4.79 Å². The molecule has 1 heterocycles. The average molecular weight is 501 g/mol.